The molecule has 13 heteroatoms. The molecular weight excluding hydrogens is 434 g/mol. The third kappa shape index (κ3) is 4.17. The van der Waals surface area contributed by atoms with Crippen molar-refractivity contribution in [2.75, 3.05) is 25.2 Å². The summed E-state index contributed by atoms with van der Waals surface area (Å²) in [4.78, 5) is 38.2. The molecule has 0 radical (unpaired) electrons. The number of hydrogen-bond acceptors (Lipinski definition) is 11. The number of β-lactam (4-membered cyclic amide) rings is 1. The molecule has 160 valence electrons. The number of carboxylic acid groups (broad SMARTS) is 1. The van der Waals surface area contributed by atoms with Crippen LogP contribution in [-0.4, -0.2) is 74.5 Å². The van der Waals surface area contributed by atoms with Crippen molar-refractivity contribution in [1.82, 2.24) is 9.88 Å². The molecule has 1 amide bonds. The van der Waals surface area contributed by atoms with E-state index in [9.17, 15) is 19.8 Å². The second kappa shape index (κ2) is 9.28. The molecule has 0 spiro atoms. The highest BCUT2D eigenvalue weighted by Crippen LogP contribution is 2.42. The van der Waals surface area contributed by atoms with Crippen LogP contribution in [0.3, 0.4) is 0 Å². The first-order chi connectivity index (χ1) is 14.4. The highest BCUT2D eigenvalue weighted by Gasteiger charge is 2.53. The average Bonchev–Trinajstić information content (AvgIpc) is 3.15. The first kappa shape index (κ1) is 21.8. The van der Waals surface area contributed by atoms with Crippen LogP contribution in [0.5, 0.6) is 0 Å². The number of aliphatic imine (C=N–C) groups is 1. The minimum Gasteiger partial charge on any atom is -0.857 e. The molecule has 3 rings (SSSR count). The maximum atomic E-state index is 12.6. The number of nitrogen functional groups attached to an aromatic ring is 1. The Labute approximate surface area is 179 Å². The van der Waals surface area contributed by atoms with Crippen molar-refractivity contribution in [3.05, 3.63) is 34.5 Å². The molecule has 30 heavy (non-hydrogen) atoms. The quantitative estimate of drug-likeness (QED) is 0.153. The van der Waals surface area contributed by atoms with Gasteiger partial charge in [0.15, 0.2) is 11.2 Å². The number of thioether (sulfide) groups is 1. The van der Waals surface area contributed by atoms with Crippen molar-refractivity contribution in [2.24, 2.45) is 10.1 Å². The van der Waals surface area contributed by atoms with Gasteiger partial charge in [-0.3, -0.25) is 14.7 Å². The number of thiazole rings is 1. The molecule has 0 aliphatic carbocycles. The Morgan fingerprint density at radius 3 is 2.90 bits per heavy atom. The molecular formula is C17H18N5O6S2-. The monoisotopic (exact) mass is 452 g/mol. The number of amides is 1. The molecule has 11 nitrogen and oxygen atoms in total. The Morgan fingerprint density at radius 1 is 1.53 bits per heavy atom. The lowest BCUT2D eigenvalue weighted by Gasteiger charge is -2.48. The van der Waals surface area contributed by atoms with E-state index in [2.05, 4.69) is 20.0 Å². The predicted molar refractivity (Wildman–Crippen MR) is 110 cm³/mol. The summed E-state index contributed by atoms with van der Waals surface area (Å²) in [5, 5.41) is 35.8. The van der Waals surface area contributed by atoms with Crippen LogP contribution in [-0.2, 0) is 14.4 Å². The number of nitrogens with zero attached hydrogens (tertiary/aromatic N) is 4. The summed E-state index contributed by atoms with van der Waals surface area (Å²) in [7, 11) is 1.26. The van der Waals surface area contributed by atoms with E-state index in [1.165, 1.54) is 30.3 Å². The van der Waals surface area contributed by atoms with Crippen molar-refractivity contribution in [3.63, 3.8) is 0 Å². The molecule has 1 saturated heterocycles. The molecule has 1 aromatic heterocycles. The van der Waals surface area contributed by atoms with Gasteiger partial charge < -0.3 is 25.9 Å². The highest BCUT2D eigenvalue weighted by atomic mass is 32.2. The van der Waals surface area contributed by atoms with Crippen LogP contribution in [0.4, 0.5) is 5.13 Å². The second-order valence-corrected chi connectivity index (χ2v) is 8.09. The van der Waals surface area contributed by atoms with E-state index in [0.717, 1.165) is 16.2 Å². The maximum Gasteiger partial charge on any atom is 0.352 e. The van der Waals surface area contributed by atoms with Gasteiger partial charge >= 0.3 is 5.97 Å². The number of carbonyl (C=O) groups is 2. The fraction of sp³-hybridized carbons (Fsp3) is 0.353. The zero-order valence-electron chi connectivity index (χ0n) is 15.7. The molecule has 0 aromatic carbocycles. The highest BCUT2D eigenvalue weighted by molar-refractivity contribution is 8.00. The van der Waals surface area contributed by atoms with Gasteiger partial charge in [0.05, 0.1) is 6.61 Å². The molecule has 2 aliphatic rings. The van der Waals surface area contributed by atoms with Crippen molar-refractivity contribution < 1.29 is 29.7 Å². The summed E-state index contributed by atoms with van der Waals surface area (Å²) >= 11 is 2.43. The lowest BCUT2D eigenvalue weighted by Crippen LogP contribution is -2.64. The number of oxime groups is 1. The maximum absolute atomic E-state index is 12.6. The van der Waals surface area contributed by atoms with Gasteiger partial charge in [-0.05, 0) is 12.0 Å². The predicted octanol–water partition coefficient (Wildman–Crippen LogP) is -0.604. The zero-order valence-corrected chi connectivity index (χ0v) is 17.4. The fourth-order valence-electron chi connectivity index (χ4n) is 2.98. The van der Waals surface area contributed by atoms with Crippen LogP contribution in [0.1, 0.15) is 12.1 Å². The number of anilines is 1. The third-order valence-corrected chi connectivity index (χ3v) is 6.26. The van der Waals surface area contributed by atoms with Gasteiger partial charge in [-0.15, -0.1) is 23.1 Å². The van der Waals surface area contributed by atoms with E-state index < -0.39 is 29.2 Å². The summed E-state index contributed by atoms with van der Waals surface area (Å²) in [6, 6.07) is -1.04. The molecule has 0 unspecified atom stereocenters. The van der Waals surface area contributed by atoms with E-state index >= 15 is 0 Å². The smallest absolute Gasteiger partial charge is 0.352 e. The van der Waals surface area contributed by atoms with Crippen LogP contribution < -0.4 is 10.8 Å². The standard InChI is InChI=1S/C17H19N5O6S2/c1-28-21-10(9-7-30-17(18)19-9)13(24)20-11-14(25)22-12(16(26)27)8(4-2-3-5-23)6-29-15(11)22/h2-3,7,11,15,23H,4-6H2,1H3,(H2,18,19)(H,20,24)(H,26,27)/p-1/b3-2-,21-10+/t11-,15-/m1/s1. The molecule has 1 fully saturated rings. The Balaban J connectivity index is 1.86. The molecule has 2 aliphatic heterocycles. The molecule has 4 N–H and O–H groups in total. The van der Waals surface area contributed by atoms with E-state index in [-0.39, 0.29) is 28.8 Å². The number of aliphatic carboxylic acids is 1. The van der Waals surface area contributed by atoms with Gasteiger partial charge in [-0.25, -0.2) is 9.78 Å². The van der Waals surface area contributed by atoms with Gasteiger partial charge in [-0.2, -0.15) is 0 Å². The summed E-state index contributed by atoms with van der Waals surface area (Å²) < 4.78 is 0. The van der Waals surface area contributed by atoms with Crippen molar-refractivity contribution in [3.8, 4) is 0 Å². The number of carbonyl (C=O) groups excluding carboxylic acids is 1. The van der Waals surface area contributed by atoms with Crippen LogP contribution in [0.25, 0.3) is 0 Å². The summed E-state index contributed by atoms with van der Waals surface area (Å²) in [5.41, 5.74) is 6.01. The minimum absolute atomic E-state index is 0.108. The SMILES string of the molecule is CO/N=C(/C([O-])=N[C@@H]1C(=O)N2C(C(=O)O)=C(C/C=C\CO)CS[C@H]12)c1csc(N)n1. The minimum atomic E-state index is -1.23. The zero-order chi connectivity index (χ0) is 21.8. The van der Waals surface area contributed by atoms with Crippen molar-refractivity contribution in [1.29, 1.82) is 0 Å². The first-order valence-electron chi connectivity index (χ1n) is 8.62. The van der Waals surface area contributed by atoms with Gasteiger partial charge in [0.1, 0.15) is 29.6 Å². The lowest BCUT2D eigenvalue weighted by atomic mass is 10.0. The average molecular weight is 452 g/mol. The number of carboxylic acids is 1. The number of fused-ring (bicyclic) bond motifs is 1. The Kier molecular flexibility index (Phi) is 6.74. The van der Waals surface area contributed by atoms with E-state index in [1.807, 2.05) is 0 Å². The van der Waals surface area contributed by atoms with Crippen molar-refractivity contribution in [2.45, 2.75) is 17.8 Å². The third-order valence-electron chi connectivity index (χ3n) is 4.26. The fourth-order valence-corrected chi connectivity index (χ4v) is 4.87. The van der Waals surface area contributed by atoms with E-state index in [0.29, 0.717) is 17.7 Å². The summed E-state index contributed by atoms with van der Waals surface area (Å²) in [6.07, 6.45) is 3.43. The Hall–Kier alpha value is -2.90. The van der Waals surface area contributed by atoms with Gasteiger partial charge in [-0.1, -0.05) is 17.3 Å². The lowest BCUT2D eigenvalue weighted by molar-refractivity contribution is -0.210. The summed E-state index contributed by atoms with van der Waals surface area (Å²) in [5.74, 6) is -2.27. The normalized spacial score (nSPS) is 22.3. The van der Waals surface area contributed by atoms with E-state index in [4.69, 9.17) is 10.8 Å². The van der Waals surface area contributed by atoms with Crippen LogP contribution >= 0.6 is 23.1 Å². The van der Waals surface area contributed by atoms with Gasteiger partial charge in [0.25, 0.3) is 5.91 Å². The number of nitrogens with two attached hydrogens (primary N) is 1. The molecule has 2 atom stereocenters. The van der Waals surface area contributed by atoms with E-state index in [1.54, 1.807) is 6.08 Å². The molecule has 0 saturated carbocycles. The topological polar surface area (TPSA) is 174 Å². The van der Waals surface area contributed by atoms with Crippen LogP contribution in [0, 0.1) is 0 Å². The second-order valence-electron chi connectivity index (χ2n) is 6.10. The number of aromatic nitrogens is 1. The van der Waals surface area contributed by atoms with Gasteiger partial charge in [0.2, 0.25) is 0 Å². The molecule has 3 heterocycles. The molecule has 0 bridgehead atoms. The number of aliphatic hydroxyl groups is 1. The largest absolute Gasteiger partial charge is 0.857 e. The number of allylic oxidation sites excluding steroid dienone is 1. The van der Waals surface area contributed by atoms with Crippen LogP contribution in [0.15, 0.2) is 39.0 Å². The molecule has 1 aromatic rings. The first-order valence-corrected chi connectivity index (χ1v) is 10.5. The van der Waals surface area contributed by atoms with Crippen molar-refractivity contribution >= 4 is 51.7 Å². The summed E-state index contributed by atoms with van der Waals surface area (Å²) in [6.45, 7) is -0.160. The number of hydrogen-bond donors (Lipinski definition) is 3. The number of rotatable bonds is 8. The Bertz CT molecular complexity index is 970. The van der Waals surface area contributed by atoms with Gasteiger partial charge in [0, 0.05) is 17.0 Å². The Morgan fingerprint density at radius 2 is 2.30 bits per heavy atom. The van der Waals surface area contributed by atoms with Crippen LogP contribution in [0.2, 0.25) is 0 Å². The number of aliphatic hydroxyl groups excluding tert-OH is 1.